The molecule has 0 aliphatic rings. The summed E-state index contributed by atoms with van der Waals surface area (Å²) < 4.78 is 0. The van der Waals surface area contributed by atoms with E-state index in [1.54, 1.807) is 12.1 Å². The first kappa shape index (κ1) is 23.8. The standard InChI is InChI=1S/C19H21NO4.C7H8/c1-19(2,3)15-8-6-14(7-9-15)17(18(21)22)12-13-4-10-16(11-5-13)20(23)24;1-7-5-3-2-4-6-7/h4-11,17H,12H2,1-3H3,(H,21,22);2-6H,1H3. The van der Waals surface area contributed by atoms with Gasteiger partial charge in [-0.1, -0.05) is 93.1 Å². The molecule has 5 heteroatoms. The van der Waals surface area contributed by atoms with Crippen LogP contribution in [0.5, 0.6) is 0 Å². The summed E-state index contributed by atoms with van der Waals surface area (Å²) in [5.74, 6) is -1.59. The van der Waals surface area contributed by atoms with Crippen LogP contribution < -0.4 is 0 Å². The van der Waals surface area contributed by atoms with Gasteiger partial charge < -0.3 is 5.11 Å². The lowest BCUT2D eigenvalue weighted by Crippen LogP contribution is -2.16. The highest BCUT2D eigenvalue weighted by molar-refractivity contribution is 5.76. The van der Waals surface area contributed by atoms with Crippen molar-refractivity contribution >= 4 is 11.7 Å². The number of carboxylic acid groups (broad SMARTS) is 1. The van der Waals surface area contributed by atoms with Gasteiger partial charge in [-0.25, -0.2) is 0 Å². The van der Waals surface area contributed by atoms with Crippen LogP contribution in [0.25, 0.3) is 0 Å². The zero-order valence-electron chi connectivity index (χ0n) is 18.4. The Hall–Kier alpha value is -3.47. The number of benzene rings is 3. The number of aliphatic carboxylic acids is 1. The molecule has 0 bridgehead atoms. The Labute approximate surface area is 183 Å². The van der Waals surface area contributed by atoms with Crippen LogP contribution in [0, 0.1) is 17.0 Å². The highest BCUT2D eigenvalue weighted by atomic mass is 16.6. The predicted molar refractivity (Wildman–Crippen MR) is 123 cm³/mol. The molecule has 162 valence electrons. The van der Waals surface area contributed by atoms with E-state index >= 15 is 0 Å². The van der Waals surface area contributed by atoms with Gasteiger partial charge in [0.05, 0.1) is 10.8 Å². The summed E-state index contributed by atoms with van der Waals surface area (Å²) in [4.78, 5) is 21.9. The van der Waals surface area contributed by atoms with Gasteiger partial charge in [-0.05, 0) is 35.4 Å². The average Bonchev–Trinajstić information content (AvgIpc) is 2.72. The van der Waals surface area contributed by atoms with Crippen molar-refractivity contribution in [1.82, 2.24) is 0 Å². The number of nitro groups is 1. The van der Waals surface area contributed by atoms with Crippen LogP contribution in [0.1, 0.15) is 48.9 Å². The Balaban J connectivity index is 0.000000412. The Morgan fingerprint density at radius 2 is 1.48 bits per heavy atom. The van der Waals surface area contributed by atoms with Crippen LogP contribution in [0.2, 0.25) is 0 Å². The van der Waals surface area contributed by atoms with Gasteiger partial charge in [-0.3, -0.25) is 14.9 Å². The van der Waals surface area contributed by atoms with Crippen molar-refractivity contribution in [3.8, 4) is 0 Å². The summed E-state index contributed by atoms with van der Waals surface area (Å²) in [5, 5.41) is 20.2. The number of hydrogen-bond acceptors (Lipinski definition) is 3. The van der Waals surface area contributed by atoms with Crippen molar-refractivity contribution < 1.29 is 14.8 Å². The van der Waals surface area contributed by atoms with Gasteiger partial charge in [0.1, 0.15) is 0 Å². The summed E-state index contributed by atoms with van der Waals surface area (Å²) in [5.41, 5.74) is 3.96. The number of nitrogens with zero attached hydrogens (tertiary/aromatic N) is 1. The van der Waals surface area contributed by atoms with Gasteiger partial charge in [0, 0.05) is 12.1 Å². The molecule has 0 radical (unpaired) electrons. The maximum Gasteiger partial charge on any atom is 0.311 e. The topological polar surface area (TPSA) is 80.4 Å². The minimum atomic E-state index is -0.906. The molecule has 31 heavy (non-hydrogen) atoms. The van der Waals surface area contributed by atoms with Crippen molar-refractivity contribution in [2.45, 2.75) is 45.4 Å². The van der Waals surface area contributed by atoms with Gasteiger partial charge in [-0.2, -0.15) is 0 Å². The SMILES string of the molecule is CC(C)(C)c1ccc(C(Cc2ccc([N+](=O)[O-])cc2)C(=O)O)cc1.Cc1ccccc1. The Morgan fingerprint density at radius 3 is 1.87 bits per heavy atom. The van der Waals surface area contributed by atoms with Crippen molar-refractivity contribution in [3.63, 3.8) is 0 Å². The summed E-state index contributed by atoms with van der Waals surface area (Å²) in [6.07, 6.45) is 0.294. The number of carbonyl (C=O) groups is 1. The van der Waals surface area contributed by atoms with Crippen molar-refractivity contribution in [2.24, 2.45) is 0 Å². The molecular weight excluding hydrogens is 390 g/mol. The van der Waals surface area contributed by atoms with Gasteiger partial charge >= 0.3 is 5.97 Å². The van der Waals surface area contributed by atoms with Crippen LogP contribution in [0.15, 0.2) is 78.9 Å². The van der Waals surface area contributed by atoms with Crippen LogP contribution in [0.4, 0.5) is 5.69 Å². The van der Waals surface area contributed by atoms with E-state index in [4.69, 9.17) is 0 Å². The molecular formula is C26H29NO4. The molecule has 0 fully saturated rings. The maximum absolute atomic E-state index is 11.7. The number of hydrogen-bond donors (Lipinski definition) is 1. The van der Waals surface area contributed by atoms with Crippen LogP contribution in [-0.2, 0) is 16.6 Å². The number of aryl methyl sites for hydroxylation is 1. The molecule has 0 saturated carbocycles. The number of nitro benzene ring substituents is 1. The lowest BCUT2D eigenvalue weighted by atomic mass is 9.84. The quantitative estimate of drug-likeness (QED) is 0.389. The molecule has 0 aliphatic heterocycles. The molecule has 1 atom stereocenters. The molecule has 3 aromatic carbocycles. The predicted octanol–water partition coefficient (Wildman–Crippen LogP) is 6.30. The first-order valence-corrected chi connectivity index (χ1v) is 10.2. The van der Waals surface area contributed by atoms with Crippen LogP contribution in [-0.4, -0.2) is 16.0 Å². The highest BCUT2D eigenvalue weighted by Crippen LogP contribution is 2.27. The van der Waals surface area contributed by atoms with Crippen molar-refractivity contribution in [2.75, 3.05) is 0 Å². The third kappa shape index (κ3) is 7.37. The lowest BCUT2D eigenvalue weighted by Gasteiger charge is -2.20. The first-order chi connectivity index (χ1) is 14.6. The fourth-order valence-corrected chi connectivity index (χ4v) is 3.09. The van der Waals surface area contributed by atoms with Gasteiger partial charge in [0.25, 0.3) is 5.69 Å². The third-order valence-electron chi connectivity index (χ3n) is 5.00. The van der Waals surface area contributed by atoms with E-state index in [0.29, 0.717) is 6.42 Å². The number of non-ortho nitro benzene ring substituents is 1. The summed E-state index contributed by atoms with van der Waals surface area (Å²) in [6, 6.07) is 23.9. The molecule has 0 aromatic heterocycles. The van der Waals surface area contributed by atoms with Crippen molar-refractivity contribution in [1.29, 1.82) is 0 Å². The number of carboxylic acids is 1. The van der Waals surface area contributed by atoms with E-state index in [1.807, 2.05) is 42.5 Å². The van der Waals surface area contributed by atoms with Crippen LogP contribution in [0.3, 0.4) is 0 Å². The van der Waals surface area contributed by atoms with Crippen molar-refractivity contribution in [3.05, 3.63) is 111 Å². The zero-order valence-corrected chi connectivity index (χ0v) is 18.4. The Morgan fingerprint density at radius 1 is 0.935 bits per heavy atom. The molecule has 3 rings (SSSR count). The second-order valence-corrected chi connectivity index (χ2v) is 8.55. The molecule has 1 unspecified atom stereocenters. The minimum Gasteiger partial charge on any atom is -0.481 e. The fourth-order valence-electron chi connectivity index (χ4n) is 3.09. The van der Waals surface area contributed by atoms with E-state index in [0.717, 1.165) is 16.7 Å². The zero-order chi connectivity index (χ0) is 23.0. The maximum atomic E-state index is 11.7. The second-order valence-electron chi connectivity index (χ2n) is 8.55. The van der Waals surface area contributed by atoms with Crippen LogP contribution >= 0.6 is 0 Å². The lowest BCUT2D eigenvalue weighted by molar-refractivity contribution is -0.384. The highest BCUT2D eigenvalue weighted by Gasteiger charge is 2.22. The normalized spacial score (nSPS) is 11.7. The van der Waals surface area contributed by atoms with Gasteiger partial charge in [0.2, 0.25) is 0 Å². The molecule has 0 aliphatic carbocycles. The Bertz CT molecular complexity index is 988. The fraction of sp³-hybridized carbons (Fsp3) is 0.269. The largest absolute Gasteiger partial charge is 0.481 e. The second kappa shape index (κ2) is 10.5. The van der Waals surface area contributed by atoms with Gasteiger partial charge in [-0.15, -0.1) is 0 Å². The summed E-state index contributed by atoms with van der Waals surface area (Å²) in [7, 11) is 0. The molecule has 1 N–H and O–H groups in total. The summed E-state index contributed by atoms with van der Waals surface area (Å²) >= 11 is 0. The smallest absolute Gasteiger partial charge is 0.311 e. The monoisotopic (exact) mass is 419 g/mol. The molecule has 0 spiro atoms. The third-order valence-corrected chi connectivity index (χ3v) is 5.00. The average molecular weight is 420 g/mol. The van der Waals surface area contributed by atoms with E-state index in [9.17, 15) is 20.0 Å². The molecule has 0 heterocycles. The van der Waals surface area contributed by atoms with E-state index in [-0.39, 0.29) is 11.1 Å². The van der Waals surface area contributed by atoms with Gasteiger partial charge in [0.15, 0.2) is 0 Å². The molecule has 3 aromatic rings. The molecule has 0 amide bonds. The first-order valence-electron chi connectivity index (χ1n) is 10.2. The van der Waals surface area contributed by atoms with E-state index < -0.39 is 16.8 Å². The minimum absolute atomic E-state index is 0.000144. The van der Waals surface area contributed by atoms with E-state index in [2.05, 4.69) is 39.8 Å². The molecule has 0 saturated heterocycles. The Kier molecular flexibility index (Phi) is 8.08. The summed E-state index contributed by atoms with van der Waals surface area (Å²) in [6.45, 7) is 8.40. The molecule has 5 nitrogen and oxygen atoms in total. The number of rotatable bonds is 5. The van der Waals surface area contributed by atoms with E-state index in [1.165, 1.54) is 17.7 Å².